The molecule has 2 aliphatic rings. The van der Waals surface area contributed by atoms with Crippen LogP contribution >= 0.6 is 11.6 Å². The molecular formula is C22H34ClN3O4S. The van der Waals surface area contributed by atoms with E-state index in [1.807, 2.05) is 0 Å². The summed E-state index contributed by atoms with van der Waals surface area (Å²) < 4.78 is 32.9. The number of carbonyl (C=O) groups excluding carboxylic acids is 1. The van der Waals surface area contributed by atoms with Gasteiger partial charge in [0.25, 0.3) is 0 Å². The van der Waals surface area contributed by atoms with Crippen LogP contribution in [0.15, 0.2) is 29.2 Å². The van der Waals surface area contributed by atoms with E-state index >= 15 is 0 Å². The fraction of sp³-hybridized carbons (Fsp3) is 0.682. The summed E-state index contributed by atoms with van der Waals surface area (Å²) in [5.74, 6) is -0.166. The second kappa shape index (κ2) is 9.75. The van der Waals surface area contributed by atoms with Crippen molar-refractivity contribution in [3.63, 3.8) is 0 Å². The fourth-order valence-corrected chi connectivity index (χ4v) is 5.94. The molecule has 2 aliphatic heterocycles. The maximum Gasteiger partial charge on any atom is 0.243 e. The van der Waals surface area contributed by atoms with Crippen molar-refractivity contribution in [1.29, 1.82) is 0 Å². The summed E-state index contributed by atoms with van der Waals surface area (Å²) in [5.41, 5.74) is -0.180. The summed E-state index contributed by atoms with van der Waals surface area (Å²) >= 11 is 5.86. The summed E-state index contributed by atoms with van der Waals surface area (Å²) in [6.07, 6.45) is 1.38. The summed E-state index contributed by atoms with van der Waals surface area (Å²) in [5, 5.41) is 3.61. The molecule has 174 valence electrons. The van der Waals surface area contributed by atoms with Crippen LogP contribution < -0.4 is 5.32 Å². The van der Waals surface area contributed by atoms with Gasteiger partial charge in [-0.05, 0) is 64.8 Å². The Bertz CT molecular complexity index is 857. The van der Waals surface area contributed by atoms with Gasteiger partial charge < -0.3 is 10.1 Å². The maximum atomic E-state index is 12.8. The zero-order valence-corrected chi connectivity index (χ0v) is 20.4. The fourth-order valence-electron chi connectivity index (χ4n) is 4.35. The minimum atomic E-state index is -3.56. The van der Waals surface area contributed by atoms with E-state index in [4.69, 9.17) is 16.3 Å². The van der Waals surface area contributed by atoms with Crippen molar-refractivity contribution < 1.29 is 17.9 Å². The molecule has 0 bridgehead atoms. The van der Waals surface area contributed by atoms with Crippen molar-refractivity contribution in [1.82, 2.24) is 14.5 Å². The summed E-state index contributed by atoms with van der Waals surface area (Å²) in [6.45, 7) is 11.3. The van der Waals surface area contributed by atoms with Crippen molar-refractivity contribution in [3.05, 3.63) is 29.3 Å². The smallest absolute Gasteiger partial charge is 0.243 e. The molecule has 2 atom stereocenters. The van der Waals surface area contributed by atoms with E-state index in [-0.39, 0.29) is 34.5 Å². The second-order valence-corrected chi connectivity index (χ2v) is 11.7. The van der Waals surface area contributed by atoms with Gasteiger partial charge in [0.1, 0.15) is 0 Å². The first-order valence-electron chi connectivity index (χ1n) is 10.9. The van der Waals surface area contributed by atoms with E-state index < -0.39 is 10.0 Å². The third kappa shape index (κ3) is 5.99. The van der Waals surface area contributed by atoms with Gasteiger partial charge in [-0.25, -0.2) is 8.42 Å². The minimum Gasteiger partial charge on any atom is -0.373 e. The summed E-state index contributed by atoms with van der Waals surface area (Å²) in [7, 11) is -3.56. The molecule has 7 nitrogen and oxygen atoms in total. The van der Waals surface area contributed by atoms with Crippen LogP contribution in [0.25, 0.3) is 0 Å². The van der Waals surface area contributed by atoms with Crippen molar-refractivity contribution in [2.45, 2.75) is 63.2 Å². The number of sulfonamides is 1. The van der Waals surface area contributed by atoms with E-state index in [2.05, 4.69) is 37.9 Å². The topological polar surface area (TPSA) is 79.0 Å². The lowest BCUT2D eigenvalue weighted by Crippen LogP contribution is -2.59. The van der Waals surface area contributed by atoms with Gasteiger partial charge in [0.05, 0.1) is 17.1 Å². The van der Waals surface area contributed by atoms with E-state index in [9.17, 15) is 13.2 Å². The highest BCUT2D eigenvalue weighted by atomic mass is 35.5. The molecule has 1 N–H and O–H groups in total. The molecule has 1 aromatic carbocycles. The Morgan fingerprint density at radius 1 is 1.13 bits per heavy atom. The van der Waals surface area contributed by atoms with Crippen LogP contribution in [0, 0.1) is 5.92 Å². The largest absolute Gasteiger partial charge is 0.373 e. The van der Waals surface area contributed by atoms with Gasteiger partial charge in [-0.1, -0.05) is 11.6 Å². The maximum absolute atomic E-state index is 12.8. The van der Waals surface area contributed by atoms with Gasteiger partial charge in [-0.3, -0.25) is 9.69 Å². The highest BCUT2D eigenvalue weighted by Gasteiger charge is 2.35. The van der Waals surface area contributed by atoms with E-state index in [1.54, 1.807) is 12.1 Å². The molecule has 0 saturated carbocycles. The number of nitrogens with one attached hydrogen (secondary N) is 1. The molecule has 2 saturated heterocycles. The Morgan fingerprint density at radius 3 is 2.23 bits per heavy atom. The highest BCUT2D eigenvalue weighted by Crippen LogP contribution is 2.25. The number of nitrogens with zero attached hydrogens (tertiary/aromatic N) is 2. The Labute approximate surface area is 191 Å². The quantitative estimate of drug-likeness (QED) is 0.690. The number of ether oxygens (including phenoxy) is 1. The highest BCUT2D eigenvalue weighted by molar-refractivity contribution is 7.89. The van der Waals surface area contributed by atoms with Crippen LogP contribution in [0.1, 0.15) is 40.5 Å². The molecule has 9 heteroatoms. The lowest BCUT2D eigenvalue weighted by Gasteiger charge is -2.45. The van der Waals surface area contributed by atoms with Crippen LogP contribution in [0.4, 0.5) is 0 Å². The van der Waals surface area contributed by atoms with Crippen LogP contribution in [0.3, 0.4) is 0 Å². The average Bonchev–Trinajstić information content (AvgIpc) is 2.72. The number of carbonyl (C=O) groups is 1. The van der Waals surface area contributed by atoms with E-state index in [0.29, 0.717) is 37.5 Å². The summed E-state index contributed by atoms with van der Waals surface area (Å²) in [6, 6.07) is 6.19. The van der Waals surface area contributed by atoms with Crippen LogP contribution in [-0.2, 0) is 19.6 Å². The first-order chi connectivity index (χ1) is 14.5. The Kier molecular flexibility index (Phi) is 7.69. The predicted molar refractivity (Wildman–Crippen MR) is 122 cm³/mol. The molecule has 0 radical (unpaired) electrons. The zero-order chi connectivity index (χ0) is 22.8. The zero-order valence-electron chi connectivity index (χ0n) is 18.8. The van der Waals surface area contributed by atoms with Crippen molar-refractivity contribution >= 4 is 27.5 Å². The van der Waals surface area contributed by atoms with Gasteiger partial charge in [0.2, 0.25) is 15.9 Å². The number of rotatable bonds is 6. The molecule has 3 rings (SSSR count). The van der Waals surface area contributed by atoms with Gasteiger partial charge in [-0.15, -0.1) is 0 Å². The molecule has 2 unspecified atom stereocenters. The Hall–Kier alpha value is -1.19. The molecule has 2 heterocycles. The average molecular weight is 472 g/mol. The van der Waals surface area contributed by atoms with Crippen molar-refractivity contribution in [2.75, 3.05) is 32.7 Å². The lowest BCUT2D eigenvalue weighted by molar-refractivity contribution is -0.127. The van der Waals surface area contributed by atoms with Crippen LogP contribution in [-0.4, -0.2) is 74.0 Å². The molecular weight excluding hydrogens is 438 g/mol. The standard InChI is InChI=1S/C22H34ClN3O4S/c1-16-13-25(14-17(2)30-16)22(3,4)15-24-21(27)18-9-11-26(12-10-18)31(28,29)20-7-5-19(23)6-8-20/h5-8,16-18H,9-15H2,1-4H3,(H,24,27). The van der Waals surface area contributed by atoms with Gasteiger partial charge in [0, 0.05) is 49.2 Å². The van der Waals surface area contributed by atoms with Crippen LogP contribution in [0.5, 0.6) is 0 Å². The number of halogens is 1. The van der Waals surface area contributed by atoms with Crippen molar-refractivity contribution in [3.8, 4) is 0 Å². The lowest BCUT2D eigenvalue weighted by atomic mass is 9.95. The van der Waals surface area contributed by atoms with Gasteiger partial charge in [0.15, 0.2) is 0 Å². The van der Waals surface area contributed by atoms with Crippen LogP contribution in [0.2, 0.25) is 5.02 Å². The SMILES string of the molecule is CC1CN(C(C)(C)CNC(=O)C2CCN(S(=O)(=O)c3ccc(Cl)cc3)CC2)CC(C)O1. The molecule has 0 aliphatic carbocycles. The minimum absolute atomic E-state index is 0.00553. The molecule has 31 heavy (non-hydrogen) atoms. The molecule has 0 aromatic heterocycles. The molecule has 1 amide bonds. The molecule has 1 aromatic rings. The Balaban J connectivity index is 1.51. The normalized spacial score (nSPS) is 24.8. The monoisotopic (exact) mass is 471 g/mol. The number of hydrogen-bond acceptors (Lipinski definition) is 5. The number of hydrogen-bond donors (Lipinski definition) is 1. The molecule has 2 fully saturated rings. The predicted octanol–water partition coefficient (Wildman–Crippen LogP) is 2.74. The number of piperidine rings is 1. The van der Waals surface area contributed by atoms with E-state index in [0.717, 1.165) is 13.1 Å². The van der Waals surface area contributed by atoms with Crippen molar-refractivity contribution in [2.24, 2.45) is 5.92 Å². The number of morpholine rings is 1. The third-order valence-electron chi connectivity index (χ3n) is 6.25. The first-order valence-corrected chi connectivity index (χ1v) is 12.7. The first kappa shape index (κ1) is 24.5. The molecule has 0 spiro atoms. The van der Waals surface area contributed by atoms with Gasteiger partial charge in [-0.2, -0.15) is 4.31 Å². The third-order valence-corrected chi connectivity index (χ3v) is 8.41. The van der Waals surface area contributed by atoms with E-state index in [1.165, 1.54) is 16.4 Å². The Morgan fingerprint density at radius 2 is 1.68 bits per heavy atom. The van der Waals surface area contributed by atoms with Gasteiger partial charge >= 0.3 is 0 Å². The summed E-state index contributed by atoms with van der Waals surface area (Å²) in [4.78, 5) is 15.4. The second-order valence-electron chi connectivity index (χ2n) is 9.32. The number of amides is 1. The number of benzene rings is 1.